The Bertz CT molecular complexity index is 506. The van der Waals surface area contributed by atoms with Gasteiger partial charge in [0.2, 0.25) is 5.92 Å². The minimum absolute atomic E-state index is 0.0797. The van der Waals surface area contributed by atoms with Crippen LogP contribution >= 0.6 is 0 Å². The van der Waals surface area contributed by atoms with Crippen LogP contribution in [0, 0.1) is 40.4 Å². The van der Waals surface area contributed by atoms with E-state index < -0.39 is 5.92 Å². The fourth-order valence-corrected chi connectivity index (χ4v) is 7.75. The van der Waals surface area contributed by atoms with Crippen LogP contribution in [0.4, 0.5) is 8.78 Å². The minimum atomic E-state index is -2.44. The zero-order valence-electron chi connectivity index (χ0n) is 15.5. The van der Waals surface area contributed by atoms with E-state index in [-0.39, 0.29) is 35.7 Å². The van der Waals surface area contributed by atoms with Gasteiger partial charge in [-0.3, -0.25) is 0 Å². The molecular weight excluding hydrogens is 306 g/mol. The summed E-state index contributed by atoms with van der Waals surface area (Å²) in [6.07, 6.45) is 7.19. The number of hydrogen-bond donors (Lipinski definition) is 1. The summed E-state index contributed by atoms with van der Waals surface area (Å²) >= 11 is 0. The molecule has 1 N–H and O–H groups in total. The Hall–Kier alpha value is -0.180. The number of halogens is 2. The van der Waals surface area contributed by atoms with Crippen molar-refractivity contribution in [2.45, 2.75) is 90.6 Å². The molecule has 8 atom stereocenters. The van der Waals surface area contributed by atoms with E-state index in [9.17, 15) is 13.9 Å². The predicted molar refractivity (Wildman–Crippen MR) is 91.8 cm³/mol. The topological polar surface area (TPSA) is 20.2 Å². The van der Waals surface area contributed by atoms with Gasteiger partial charge < -0.3 is 5.11 Å². The SMILES string of the molecule is CC[C@@H]1C[C@H]2CC(F)(F)CC[C@]2(C)[C@H]2CC[C@]3(C)[C@@H](O)CC[C@H]3[C@H]12. The second kappa shape index (κ2) is 5.41. The highest BCUT2D eigenvalue weighted by molar-refractivity contribution is 5.11. The zero-order valence-corrected chi connectivity index (χ0v) is 15.5. The molecule has 0 unspecified atom stereocenters. The molecule has 138 valence electrons. The lowest BCUT2D eigenvalue weighted by Gasteiger charge is -2.63. The first kappa shape index (κ1) is 17.2. The van der Waals surface area contributed by atoms with Crippen molar-refractivity contribution in [1.82, 2.24) is 0 Å². The maximum absolute atomic E-state index is 14.1. The van der Waals surface area contributed by atoms with Gasteiger partial charge in [-0.25, -0.2) is 8.78 Å². The smallest absolute Gasteiger partial charge is 0.248 e. The highest BCUT2D eigenvalue weighted by Crippen LogP contribution is 2.68. The average molecular weight is 340 g/mol. The maximum Gasteiger partial charge on any atom is 0.248 e. The van der Waals surface area contributed by atoms with Gasteiger partial charge in [0.15, 0.2) is 0 Å². The fourth-order valence-electron chi connectivity index (χ4n) is 7.75. The van der Waals surface area contributed by atoms with Crippen LogP contribution in [-0.4, -0.2) is 17.1 Å². The molecular formula is C21H34F2O. The summed E-state index contributed by atoms with van der Waals surface area (Å²) in [4.78, 5) is 0. The number of fused-ring (bicyclic) bond motifs is 5. The van der Waals surface area contributed by atoms with Crippen LogP contribution in [0.1, 0.15) is 78.6 Å². The van der Waals surface area contributed by atoms with E-state index in [1.165, 1.54) is 0 Å². The molecule has 3 heteroatoms. The van der Waals surface area contributed by atoms with Crippen molar-refractivity contribution in [3.8, 4) is 0 Å². The molecule has 4 aliphatic carbocycles. The molecule has 0 aromatic heterocycles. The molecule has 0 aromatic carbocycles. The Balaban J connectivity index is 1.69. The molecule has 4 fully saturated rings. The van der Waals surface area contributed by atoms with Gasteiger partial charge in [0.05, 0.1) is 6.10 Å². The van der Waals surface area contributed by atoms with E-state index in [1.807, 2.05) is 0 Å². The molecule has 0 radical (unpaired) electrons. The largest absolute Gasteiger partial charge is 0.393 e. The van der Waals surface area contributed by atoms with Gasteiger partial charge in [-0.2, -0.15) is 0 Å². The van der Waals surface area contributed by atoms with Crippen LogP contribution in [0.25, 0.3) is 0 Å². The van der Waals surface area contributed by atoms with E-state index in [1.54, 1.807) is 0 Å². The number of aliphatic hydroxyl groups is 1. The van der Waals surface area contributed by atoms with E-state index in [4.69, 9.17) is 0 Å². The fraction of sp³-hybridized carbons (Fsp3) is 1.00. The lowest BCUT2D eigenvalue weighted by atomic mass is 9.42. The van der Waals surface area contributed by atoms with Gasteiger partial charge in [0.1, 0.15) is 0 Å². The Kier molecular flexibility index (Phi) is 3.89. The van der Waals surface area contributed by atoms with Gasteiger partial charge >= 0.3 is 0 Å². The molecule has 0 amide bonds. The summed E-state index contributed by atoms with van der Waals surface area (Å²) in [6.45, 7) is 6.90. The van der Waals surface area contributed by atoms with E-state index >= 15 is 0 Å². The molecule has 0 heterocycles. The van der Waals surface area contributed by atoms with Crippen LogP contribution in [-0.2, 0) is 0 Å². The van der Waals surface area contributed by atoms with Crippen LogP contribution in [0.15, 0.2) is 0 Å². The second-order valence-corrected chi connectivity index (χ2v) is 10.1. The van der Waals surface area contributed by atoms with Gasteiger partial charge in [-0.1, -0.05) is 27.2 Å². The number of hydrogen-bond acceptors (Lipinski definition) is 1. The van der Waals surface area contributed by atoms with Crippen LogP contribution in [0.2, 0.25) is 0 Å². The summed E-state index contributed by atoms with van der Waals surface area (Å²) in [5.74, 6) is 0.193. The summed E-state index contributed by atoms with van der Waals surface area (Å²) in [6, 6.07) is 0. The van der Waals surface area contributed by atoms with Gasteiger partial charge in [0.25, 0.3) is 0 Å². The van der Waals surface area contributed by atoms with Crippen LogP contribution < -0.4 is 0 Å². The lowest BCUT2D eigenvalue weighted by molar-refractivity contribution is -0.184. The third kappa shape index (κ3) is 2.25. The standard InChI is InChI=1S/C21H34F2O/c1-4-13-11-14-12-21(22,23)10-9-19(14,2)16-7-8-20(3)15(18(13)16)5-6-17(20)24/h13-18,24H,4-12H2,1-3H3/t13-,14+,15+,16+,17+,18+,19+,20+/m1/s1. The van der Waals surface area contributed by atoms with Gasteiger partial charge in [-0.15, -0.1) is 0 Å². The Morgan fingerprint density at radius 2 is 1.67 bits per heavy atom. The molecule has 4 saturated carbocycles. The summed E-state index contributed by atoms with van der Waals surface area (Å²) < 4.78 is 28.2. The summed E-state index contributed by atoms with van der Waals surface area (Å²) in [5.41, 5.74) is 0.184. The molecule has 4 aliphatic rings. The summed E-state index contributed by atoms with van der Waals surface area (Å²) in [5, 5.41) is 10.6. The van der Waals surface area contributed by atoms with Crippen LogP contribution in [0.5, 0.6) is 0 Å². The number of aliphatic hydroxyl groups excluding tert-OH is 1. The van der Waals surface area contributed by atoms with Crippen LogP contribution in [0.3, 0.4) is 0 Å². The van der Waals surface area contributed by atoms with Crippen molar-refractivity contribution in [3.05, 3.63) is 0 Å². The second-order valence-electron chi connectivity index (χ2n) is 10.1. The first-order chi connectivity index (χ1) is 11.2. The predicted octanol–water partition coefficient (Wildman–Crippen LogP) is 5.66. The first-order valence-corrected chi connectivity index (χ1v) is 10.3. The normalized spacial score (nSPS) is 56.2. The molecule has 24 heavy (non-hydrogen) atoms. The summed E-state index contributed by atoms with van der Waals surface area (Å²) in [7, 11) is 0. The van der Waals surface area contributed by atoms with Crippen molar-refractivity contribution in [1.29, 1.82) is 0 Å². The first-order valence-electron chi connectivity index (χ1n) is 10.3. The van der Waals surface area contributed by atoms with Gasteiger partial charge in [0, 0.05) is 12.8 Å². The monoisotopic (exact) mass is 340 g/mol. The molecule has 0 spiro atoms. The van der Waals surface area contributed by atoms with Crippen molar-refractivity contribution in [2.75, 3.05) is 0 Å². The molecule has 1 nitrogen and oxygen atoms in total. The van der Waals surface area contributed by atoms with E-state index in [0.29, 0.717) is 30.1 Å². The quantitative estimate of drug-likeness (QED) is 0.653. The molecule has 0 bridgehead atoms. The lowest BCUT2D eigenvalue weighted by Crippen LogP contribution is -2.57. The van der Waals surface area contributed by atoms with E-state index in [2.05, 4.69) is 20.8 Å². The van der Waals surface area contributed by atoms with Crippen molar-refractivity contribution in [2.24, 2.45) is 40.4 Å². The van der Waals surface area contributed by atoms with Crippen molar-refractivity contribution < 1.29 is 13.9 Å². The van der Waals surface area contributed by atoms with Gasteiger partial charge in [-0.05, 0) is 78.9 Å². The Labute approximate surface area is 145 Å². The van der Waals surface area contributed by atoms with E-state index in [0.717, 1.165) is 38.5 Å². The van der Waals surface area contributed by atoms with Crippen molar-refractivity contribution >= 4 is 0 Å². The number of rotatable bonds is 1. The Morgan fingerprint density at radius 1 is 0.958 bits per heavy atom. The molecule has 4 rings (SSSR count). The third-order valence-electron chi connectivity index (χ3n) is 9.29. The molecule has 0 saturated heterocycles. The van der Waals surface area contributed by atoms with Crippen molar-refractivity contribution in [3.63, 3.8) is 0 Å². The zero-order chi connectivity index (χ0) is 17.3. The maximum atomic E-state index is 14.1. The minimum Gasteiger partial charge on any atom is -0.393 e. The molecule has 0 aromatic rings. The Morgan fingerprint density at radius 3 is 2.38 bits per heavy atom. The molecule has 0 aliphatic heterocycles. The highest BCUT2D eigenvalue weighted by atomic mass is 19.3. The average Bonchev–Trinajstić information content (AvgIpc) is 2.83. The highest BCUT2D eigenvalue weighted by Gasteiger charge is 2.63. The number of alkyl halides is 2. The third-order valence-corrected chi connectivity index (χ3v) is 9.29.